The molecular weight excluding hydrogens is 248 g/mol. The first-order valence-electron chi connectivity index (χ1n) is 5.74. The third-order valence-corrected chi connectivity index (χ3v) is 2.99. The van der Waals surface area contributed by atoms with E-state index in [1.165, 1.54) is 0 Å². The molecule has 90 valence electrons. The molecule has 3 rings (SSSR count). The lowest BCUT2D eigenvalue weighted by atomic mass is 10.1. The Kier molecular flexibility index (Phi) is 2.72. The Morgan fingerprint density at radius 2 is 1.94 bits per heavy atom. The number of aromatic nitrogens is 4. The molecule has 0 atom stereocenters. The van der Waals surface area contributed by atoms with Crippen LogP contribution in [0.2, 0.25) is 5.02 Å². The molecular formula is C13H11ClN4. The van der Waals surface area contributed by atoms with Crippen molar-refractivity contribution in [1.82, 2.24) is 19.6 Å². The lowest BCUT2D eigenvalue weighted by Gasteiger charge is -2.03. The third kappa shape index (κ3) is 1.84. The normalized spacial score (nSPS) is 11.0. The van der Waals surface area contributed by atoms with Gasteiger partial charge in [0.1, 0.15) is 0 Å². The van der Waals surface area contributed by atoms with Crippen LogP contribution in [0.25, 0.3) is 17.0 Å². The number of aryl methyl sites for hydroxylation is 1. The maximum atomic E-state index is 5.90. The Bertz CT molecular complexity index is 688. The fourth-order valence-corrected chi connectivity index (χ4v) is 1.95. The summed E-state index contributed by atoms with van der Waals surface area (Å²) in [6.07, 6.45) is 2.54. The highest BCUT2D eigenvalue weighted by atomic mass is 35.5. The first kappa shape index (κ1) is 11.2. The van der Waals surface area contributed by atoms with Crippen LogP contribution in [0.4, 0.5) is 0 Å². The van der Waals surface area contributed by atoms with Gasteiger partial charge in [-0.2, -0.15) is 9.50 Å². The number of nitrogens with zero attached hydrogens (tertiary/aromatic N) is 4. The van der Waals surface area contributed by atoms with Gasteiger partial charge in [0.05, 0.1) is 5.69 Å². The Morgan fingerprint density at radius 1 is 1.17 bits per heavy atom. The molecule has 0 aliphatic heterocycles. The van der Waals surface area contributed by atoms with Crippen LogP contribution in [-0.4, -0.2) is 19.6 Å². The van der Waals surface area contributed by atoms with Crippen molar-refractivity contribution in [3.63, 3.8) is 0 Å². The molecule has 0 aliphatic carbocycles. The topological polar surface area (TPSA) is 43.1 Å². The predicted octanol–water partition coefficient (Wildman–Crippen LogP) is 3.01. The number of rotatable bonds is 2. The first-order valence-corrected chi connectivity index (χ1v) is 6.12. The Hall–Kier alpha value is -1.94. The summed E-state index contributed by atoms with van der Waals surface area (Å²) >= 11 is 5.90. The number of fused-ring (bicyclic) bond motifs is 1. The molecule has 0 unspecified atom stereocenters. The van der Waals surface area contributed by atoms with Gasteiger partial charge in [-0.15, -0.1) is 5.10 Å². The Labute approximate surface area is 109 Å². The van der Waals surface area contributed by atoms with Crippen molar-refractivity contribution in [3.8, 4) is 11.3 Å². The molecule has 0 N–H and O–H groups in total. The van der Waals surface area contributed by atoms with Gasteiger partial charge in [-0.3, -0.25) is 0 Å². The monoisotopic (exact) mass is 258 g/mol. The third-order valence-electron chi connectivity index (χ3n) is 2.74. The van der Waals surface area contributed by atoms with E-state index in [-0.39, 0.29) is 0 Å². The van der Waals surface area contributed by atoms with E-state index in [4.69, 9.17) is 11.6 Å². The zero-order chi connectivity index (χ0) is 12.5. The molecule has 2 aromatic heterocycles. The van der Waals surface area contributed by atoms with Gasteiger partial charge in [0.15, 0.2) is 5.82 Å². The molecule has 0 spiro atoms. The van der Waals surface area contributed by atoms with Crippen molar-refractivity contribution >= 4 is 17.4 Å². The molecule has 2 heterocycles. The van der Waals surface area contributed by atoms with Gasteiger partial charge in [0, 0.05) is 23.2 Å². The van der Waals surface area contributed by atoms with Crippen LogP contribution in [-0.2, 0) is 6.42 Å². The summed E-state index contributed by atoms with van der Waals surface area (Å²) in [4.78, 5) is 8.57. The second kappa shape index (κ2) is 4.38. The lowest BCUT2D eigenvalue weighted by molar-refractivity contribution is 0.885. The average molecular weight is 259 g/mol. The number of hydrogen-bond acceptors (Lipinski definition) is 3. The summed E-state index contributed by atoms with van der Waals surface area (Å²) in [6, 6.07) is 9.57. The van der Waals surface area contributed by atoms with E-state index >= 15 is 0 Å². The highest BCUT2D eigenvalue weighted by molar-refractivity contribution is 6.30. The van der Waals surface area contributed by atoms with Gasteiger partial charge in [-0.25, -0.2) is 4.98 Å². The van der Waals surface area contributed by atoms with Crippen LogP contribution in [0.5, 0.6) is 0 Å². The van der Waals surface area contributed by atoms with Crippen molar-refractivity contribution in [1.29, 1.82) is 0 Å². The van der Waals surface area contributed by atoms with Crippen molar-refractivity contribution in [2.75, 3.05) is 0 Å². The molecule has 1 aromatic carbocycles. The van der Waals surface area contributed by atoms with Crippen LogP contribution < -0.4 is 0 Å². The van der Waals surface area contributed by atoms with E-state index in [0.29, 0.717) is 5.78 Å². The quantitative estimate of drug-likeness (QED) is 0.710. The van der Waals surface area contributed by atoms with Crippen molar-refractivity contribution in [2.24, 2.45) is 0 Å². The van der Waals surface area contributed by atoms with E-state index in [2.05, 4.69) is 15.1 Å². The minimum atomic E-state index is 0.624. The van der Waals surface area contributed by atoms with E-state index in [0.717, 1.165) is 28.5 Å². The maximum Gasteiger partial charge on any atom is 0.252 e. The fraction of sp³-hybridized carbons (Fsp3) is 0.154. The summed E-state index contributed by atoms with van der Waals surface area (Å²) in [5.41, 5.74) is 2.00. The number of hydrogen-bond donors (Lipinski definition) is 0. The second-order valence-electron chi connectivity index (χ2n) is 3.93. The molecule has 5 heteroatoms. The van der Waals surface area contributed by atoms with Crippen molar-refractivity contribution in [3.05, 3.63) is 47.4 Å². The molecule has 18 heavy (non-hydrogen) atoms. The van der Waals surface area contributed by atoms with Gasteiger partial charge in [0.2, 0.25) is 0 Å². The standard InChI is InChI=1S/C13H11ClN4/c1-2-12-16-13-15-8-7-11(18(13)17-12)9-3-5-10(14)6-4-9/h3-8H,2H2,1H3. The van der Waals surface area contributed by atoms with E-state index in [1.807, 2.05) is 37.3 Å². The zero-order valence-corrected chi connectivity index (χ0v) is 10.6. The molecule has 0 amide bonds. The molecule has 0 radical (unpaired) electrons. The molecule has 0 aliphatic rings. The maximum absolute atomic E-state index is 5.90. The summed E-state index contributed by atoms with van der Waals surface area (Å²) in [5.74, 6) is 1.42. The van der Waals surface area contributed by atoms with E-state index in [9.17, 15) is 0 Å². The van der Waals surface area contributed by atoms with E-state index in [1.54, 1.807) is 10.7 Å². The van der Waals surface area contributed by atoms with Crippen LogP contribution in [0.15, 0.2) is 36.5 Å². The zero-order valence-electron chi connectivity index (χ0n) is 9.84. The largest absolute Gasteiger partial charge is 0.252 e. The van der Waals surface area contributed by atoms with Crippen molar-refractivity contribution < 1.29 is 0 Å². The highest BCUT2D eigenvalue weighted by Gasteiger charge is 2.08. The van der Waals surface area contributed by atoms with Crippen LogP contribution in [0.1, 0.15) is 12.7 Å². The Balaban J connectivity index is 2.22. The minimum absolute atomic E-state index is 0.624. The summed E-state index contributed by atoms with van der Waals surface area (Å²) in [7, 11) is 0. The minimum Gasteiger partial charge on any atom is -0.220 e. The highest BCUT2D eigenvalue weighted by Crippen LogP contribution is 2.21. The SMILES string of the molecule is CCc1nc2nccc(-c3ccc(Cl)cc3)n2n1. The lowest BCUT2D eigenvalue weighted by Crippen LogP contribution is -1.96. The molecule has 0 bridgehead atoms. The summed E-state index contributed by atoms with van der Waals surface area (Å²) in [5, 5.41) is 5.16. The molecule has 0 saturated carbocycles. The van der Waals surface area contributed by atoms with Crippen LogP contribution in [0.3, 0.4) is 0 Å². The fourth-order valence-electron chi connectivity index (χ4n) is 1.82. The van der Waals surface area contributed by atoms with Gasteiger partial charge < -0.3 is 0 Å². The number of benzene rings is 1. The average Bonchev–Trinajstić information content (AvgIpc) is 2.82. The second-order valence-corrected chi connectivity index (χ2v) is 4.37. The summed E-state index contributed by atoms with van der Waals surface area (Å²) < 4.78 is 1.77. The van der Waals surface area contributed by atoms with E-state index < -0.39 is 0 Å². The summed E-state index contributed by atoms with van der Waals surface area (Å²) in [6.45, 7) is 2.02. The number of halogens is 1. The van der Waals surface area contributed by atoms with Gasteiger partial charge in [-0.05, 0) is 18.2 Å². The first-order chi connectivity index (χ1) is 8.78. The molecule has 0 saturated heterocycles. The van der Waals surface area contributed by atoms with Gasteiger partial charge >= 0.3 is 0 Å². The molecule has 3 aromatic rings. The smallest absolute Gasteiger partial charge is 0.220 e. The van der Waals surface area contributed by atoms with Crippen LogP contribution >= 0.6 is 11.6 Å². The Morgan fingerprint density at radius 3 is 2.67 bits per heavy atom. The van der Waals surface area contributed by atoms with Crippen molar-refractivity contribution in [2.45, 2.75) is 13.3 Å². The van der Waals surface area contributed by atoms with Crippen LogP contribution in [0, 0.1) is 0 Å². The van der Waals surface area contributed by atoms with Gasteiger partial charge in [0.25, 0.3) is 5.78 Å². The molecule has 4 nitrogen and oxygen atoms in total. The predicted molar refractivity (Wildman–Crippen MR) is 70.6 cm³/mol. The molecule has 0 fully saturated rings. The van der Waals surface area contributed by atoms with Gasteiger partial charge in [-0.1, -0.05) is 30.7 Å².